The number of ether oxygens (including phenoxy) is 1. The number of piperidine rings is 1. The lowest BCUT2D eigenvalue weighted by molar-refractivity contribution is -0.133. The van der Waals surface area contributed by atoms with E-state index in [-0.39, 0.29) is 23.4 Å². The molecule has 3 heterocycles. The summed E-state index contributed by atoms with van der Waals surface area (Å²) in [5, 5.41) is 9.79. The van der Waals surface area contributed by atoms with Crippen LogP contribution in [0.1, 0.15) is 37.9 Å². The summed E-state index contributed by atoms with van der Waals surface area (Å²) < 4.78 is 6.03. The number of hydrogen-bond acceptors (Lipinski definition) is 7. The molecule has 1 aliphatic rings. The summed E-state index contributed by atoms with van der Waals surface area (Å²) in [4.78, 5) is 34.4. The monoisotopic (exact) mass is 498 g/mol. The van der Waals surface area contributed by atoms with Crippen molar-refractivity contribution in [2.75, 3.05) is 31.6 Å². The second kappa shape index (κ2) is 10.8. The topological polar surface area (TPSA) is 113 Å². The second-order valence-electron chi connectivity index (χ2n) is 7.21. The van der Waals surface area contributed by atoms with E-state index in [0.717, 1.165) is 18.7 Å². The van der Waals surface area contributed by atoms with Crippen molar-refractivity contribution in [3.8, 4) is 0 Å². The van der Waals surface area contributed by atoms with Crippen molar-refractivity contribution in [2.45, 2.75) is 38.1 Å². The van der Waals surface area contributed by atoms with Crippen LogP contribution in [0.15, 0.2) is 27.9 Å². The molecule has 1 saturated heterocycles. The molecule has 2 aromatic heterocycles. The van der Waals surface area contributed by atoms with Gasteiger partial charge in [0.05, 0.1) is 36.5 Å². The molecule has 0 bridgehead atoms. The Kier molecular flexibility index (Phi) is 8.17. The molecule has 30 heavy (non-hydrogen) atoms. The standard InChI is InChI=1S/C19H24BrClN6O3/c1-12(25-15-10-24-26-19(29)17(15)20)11-30-7-4-16(28)27-5-2-13(3-6-27)18-22-8-14(21)9-23-18/h8-10,12-13H,2-7,11H2,1H3,(H2,25,26,29)/t12-/m0/s1. The van der Waals surface area contributed by atoms with Gasteiger partial charge in [0.25, 0.3) is 5.56 Å². The second-order valence-corrected chi connectivity index (χ2v) is 8.44. The molecule has 0 spiro atoms. The van der Waals surface area contributed by atoms with Crippen molar-refractivity contribution >= 4 is 39.1 Å². The lowest BCUT2D eigenvalue weighted by Crippen LogP contribution is -2.38. The van der Waals surface area contributed by atoms with Crippen LogP contribution in [0, 0.1) is 0 Å². The van der Waals surface area contributed by atoms with E-state index < -0.39 is 0 Å². The molecule has 1 fully saturated rings. The number of halogens is 2. The Hall–Kier alpha value is -2.04. The SMILES string of the molecule is C[C@@H](COCCC(=O)N1CCC(c2ncc(Cl)cn2)CC1)Nc1cn[nH]c(=O)c1Br. The number of carbonyl (C=O) groups excluding carboxylic acids is 1. The highest BCUT2D eigenvalue weighted by atomic mass is 79.9. The van der Waals surface area contributed by atoms with Gasteiger partial charge in [0.1, 0.15) is 10.3 Å². The number of H-pyrrole nitrogens is 1. The first-order valence-electron chi connectivity index (χ1n) is 9.76. The number of hydrogen-bond donors (Lipinski definition) is 2. The van der Waals surface area contributed by atoms with Crippen LogP contribution in [0.2, 0.25) is 5.02 Å². The first-order valence-corrected chi connectivity index (χ1v) is 10.9. The van der Waals surface area contributed by atoms with Crippen LogP contribution in [-0.2, 0) is 9.53 Å². The largest absolute Gasteiger partial charge is 0.379 e. The number of nitrogens with one attached hydrogen (secondary N) is 2. The zero-order valence-electron chi connectivity index (χ0n) is 16.6. The summed E-state index contributed by atoms with van der Waals surface area (Å²) in [5.74, 6) is 1.14. The Labute approximate surface area is 187 Å². The van der Waals surface area contributed by atoms with Gasteiger partial charge in [-0.15, -0.1) is 0 Å². The highest BCUT2D eigenvalue weighted by Crippen LogP contribution is 2.26. The van der Waals surface area contributed by atoms with Gasteiger partial charge in [-0.05, 0) is 35.7 Å². The van der Waals surface area contributed by atoms with E-state index in [1.54, 1.807) is 12.4 Å². The Bertz CT molecular complexity index is 902. The van der Waals surface area contributed by atoms with Gasteiger partial charge in [-0.25, -0.2) is 15.1 Å². The Morgan fingerprint density at radius 2 is 2.07 bits per heavy atom. The van der Waals surface area contributed by atoms with E-state index in [2.05, 4.69) is 41.4 Å². The zero-order valence-corrected chi connectivity index (χ0v) is 18.9. The number of amides is 1. The first-order chi connectivity index (χ1) is 14.4. The minimum absolute atomic E-state index is 0.0462. The summed E-state index contributed by atoms with van der Waals surface area (Å²) in [6.45, 7) is 4.06. The van der Waals surface area contributed by atoms with Crippen LogP contribution in [-0.4, -0.2) is 63.3 Å². The molecule has 0 unspecified atom stereocenters. The number of aromatic nitrogens is 4. The fourth-order valence-electron chi connectivity index (χ4n) is 3.29. The van der Waals surface area contributed by atoms with Crippen LogP contribution in [0.4, 0.5) is 5.69 Å². The van der Waals surface area contributed by atoms with Crippen LogP contribution in [0.25, 0.3) is 0 Å². The third-order valence-electron chi connectivity index (χ3n) is 4.88. The molecule has 0 aliphatic carbocycles. The maximum atomic E-state index is 12.4. The van der Waals surface area contributed by atoms with E-state index in [0.29, 0.717) is 47.9 Å². The summed E-state index contributed by atoms with van der Waals surface area (Å²) in [6, 6.07) is -0.0462. The molecule has 2 aromatic rings. The normalized spacial score (nSPS) is 15.8. The van der Waals surface area contributed by atoms with Crippen LogP contribution in [0.5, 0.6) is 0 Å². The number of likely N-dealkylation sites (tertiary alicyclic amines) is 1. The third-order valence-corrected chi connectivity index (χ3v) is 5.86. The van der Waals surface area contributed by atoms with Gasteiger partial charge in [-0.2, -0.15) is 5.10 Å². The summed E-state index contributed by atoms with van der Waals surface area (Å²) in [5.41, 5.74) is 0.295. The lowest BCUT2D eigenvalue weighted by Gasteiger charge is -2.31. The molecule has 0 saturated carbocycles. The van der Waals surface area contributed by atoms with Gasteiger partial charge in [-0.1, -0.05) is 11.6 Å². The molecule has 3 rings (SSSR count). The number of carbonyl (C=O) groups is 1. The van der Waals surface area contributed by atoms with Gasteiger partial charge in [0.2, 0.25) is 5.91 Å². The van der Waals surface area contributed by atoms with E-state index in [1.807, 2.05) is 11.8 Å². The molecule has 2 N–H and O–H groups in total. The maximum Gasteiger partial charge on any atom is 0.280 e. The molecule has 162 valence electrons. The number of rotatable bonds is 8. The molecule has 1 atom stereocenters. The Balaban J connectivity index is 1.34. The molecule has 1 aliphatic heterocycles. The summed E-state index contributed by atoms with van der Waals surface area (Å²) in [7, 11) is 0. The number of anilines is 1. The van der Waals surface area contributed by atoms with Crippen LogP contribution in [0.3, 0.4) is 0 Å². The van der Waals surface area contributed by atoms with E-state index in [1.165, 1.54) is 6.20 Å². The highest BCUT2D eigenvalue weighted by molar-refractivity contribution is 9.10. The number of nitrogens with zero attached hydrogens (tertiary/aromatic N) is 4. The van der Waals surface area contributed by atoms with Crippen molar-refractivity contribution in [1.82, 2.24) is 25.1 Å². The predicted molar refractivity (Wildman–Crippen MR) is 117 cm³/mol. The van der Waals surface area contributed by atoms with Gasteiger partial charge in [0.15, 0.2) is 0 Å². The highest BCUT2D eigenvalue weighted by Gasteiger charge is 2.25. The molecule has 0 aromatic carbocycles. The molecule has 1 amide bonds. The quantitative estimate of drug-likeness (QED) is 0.537. The zero-order chi connectivity index (χ0) is 21.5. The van der Waals surface area contributed by atoms with Crippen molar-refractivity contribution < 1.29 is 9.53 Å². The molecule has 0 radical (unpaired) electrons. The van der Waals surface area contributed by atoms with Gasteiger partial charge < -0.3 is 15.0 Å². The molecular formula is C19H24BrClN6O3. The fraction of sp³-hybridized carbons (Fsp3) is 0.526. The molecule has 9 nitrogen and oxygen atoms in total. The van der Waals surface area contributed by atoms with E-state index >= 15 is 0 Å². The molecular weight excluding hydrogens is 476 g/mol. The average Bonchev–Trinajstić information content (AvgIpc) is 2.75. The van der Waals surface area contributed by atoms with Gasteiger partial charge in [0, 0.05) is 37.4 Å². The Morgan fingerprint density at radius 1 is 1.37 bits per heavy atom. The van der Waals surface area contributed by atoms with E-state index in [9.17, 15) is 9.59 Å². The smallest absolute Gasteiger partial charge is 0.280 e. The van der Waals surface area contributed by atoms with E-state index in [4.69, 9.17) is 16.3 Å². The van der Waals surface area contributed by atoms with Crippen molar-refractivity contribution in [2.24, 2.45) is 0 Å². The minimum atomic E-state index is -0.301. The summed E-state index contributed by atoms with van der Waals surface area (Å²) >= 11 is 9.06. The average molecular weight is 500 g/mol. The Morgan fingerprint density at radius 3 is 2.77 bits per heavy atom. The first kappa shape index (κ1) is 22.6. The van der Waals surface area contributed by atoms with Crippen molar-refractivity contribution in [3.63, 3.8) is 0 Å². The van der Waals surface area contributed by atoms with Crippen LogP contribution >= 0.6 is 27.5 Å². The van der Waals surface area contributed by atoms with Gasteiger partial charge >= 0.3 is 0 Å². The minimum Gasteiger partial charge on any atom is -0.379 e. The molecule has 11 heteroatoms. The summed E-state index contributed by atoms with van der Waals surface area (Å²) in [6.07, 6.45) is 6.78. The fourth-order valence-corrected chi connectivity index (χ4v) is 3.69. The van der Waals surface area contributed by atoms with Crippen LogP contribution < -0.4 is 10.9 Å². The maximum absolute atomic E-state index is 12.4. The lowest BCUT2D eigenvalue weighted by atomic mass is 9.96. The predicted octanol–water partition coefficient (Wildman–Crippen LogP) is 2.59. The van der Waals surface area contributed by atoms with Crippen molar-refractivity contribution in [1.29, 1.82) is 0 Å². The third kappa shape index (κ3) is 6.23. The van der Waals surface area contributed by atoms with Crippen molar-refractivity contribution in [3.05, 3.63) is 44.3 Å². The number of aromatic amines is 1. The van der Waals surface area contributed by atoms with Gasteiger partial charge in [-0.3, -0.25) is 9.59 Å².